The minimum atomic E-state index is -0.937. The molecule has 2 unspecified atom stereocenters. The number of thioether (sulfide) groups is 1. The molecule has 0 aliphatic carbocycles. The number of carbonyl (C=O) groups excluding carboxylic acids is 3. The second-order valence-corrected chi connectivity index (χ2v) is 13.0. The zero-order chi connectivity index (χ0) is 29.5. The maximum Gasteiger partial charge on any atom is 0.408 e. The fourth-order valence-corrected chi connectivity index (χ4v) is 4.93. The number of benzene rings is 2. The Morgan fingerprint density at radius 1 is 0.949 bits per heavy atom. The Labute approximate surface area is 238 Å². The van der Waals surface area contributed by atoms with Crippen molar-refractivity contribution in [1.82, 2.24) is 10.2 Å². The Kier molecular flexibility index (Phi) is 11.0. The Morgan fingerprint density at radius 3 is 2.05 bits per heavy atom. The standard InChI is InChI=1S/C31H45N3O4S/c1-20-17-21(2)19-23(18-20)26(27(35)32-24-14-12-11-13-22(24)3)34(30(4,5)6)28(36)25(15-16-39-10)33-29(37)38-31(7,8)9/h11-14,17-19,25-26H,15-16H2,1-10H3,(H,32,35)(H,33,37). The van der Waals surface area contributed by atoms with E-state index in [9.17, 15) is 14.4 Å². The number of hydrogen-bond acceptors (Lipinski definition) is 5. The van der Waals surface area contributed by atoms with Crippen LogP contribution in [0.5, 0.6) is 0 Å². The number of para-hydroxylation sites is 1. The molecule has 0 fully saturated rings. The van der Waals surface area contributed by atoms with Gasteiger partial charge in [0.2, 0.25) is 5.91 Å². The molecule has 7 nitrogen and oxygen atoms in total. The van der Waals surface area contributed by atoms with Crippen molar-refractivity contribution in [2.45, 2.75) is 92.0 Å². The number of nitrogens with one attached hydrogen (secondary N) is 2. The molecule has 39 heavy (non-hydrogen) atoms. The number of alkyl carbamates (subject to hydrolysis) is 1. The zero-order valence-corrected chi connectivity index (χ0v) is 25.9. The summed E-state index contributed by atoms with van der Waals surface area (Å²) in [7, 11) is 0. The third kappa shape index (κ3) is 9.60. The molecular weight excluding hydrogens is 510 g/mol. The van der Waals surface area contributed by atoms with E-state index < -0.39 is 29.3 Å². The monoisotopic (exact) mass is 555 g/mol. The van der Waals surface area contributed by atoms with Crippen molar-refractivity contribution in [2.75, 3.05) is 17.3 Å². The number of amides is 3. The lowest BCUT2D eigenvalue weighted by atomic mass is 9.93. The Bertz CT molecular complexity index is 1150. The largest absolute Gasteiger partial charge is 0.444 e. The van der Waals surface area contributed by atoms with Gasteiger partial charge in [-0.25, -0.2) is 4.79 Å². The van der Waals surface area contributed by atoms with Crippen molar-refractivity contribution < 1.29 is 19.1 Å². The van der Waals surface area contributed by atoms with Crippen LogP contribution >= 0.6 is 11.8 Å². The number of anilines is 1. The van der Waals surface area contributed by atoms with Crippen molar-refractivity contribution in [2.24, 2.45) is 0 Å². The smallest absolute Gasteiger partial charge is 0.408 e. The molecule has 0 radical (unpaired) electrons. The fraction of sp³-hybridized carbons (Fsp3) is 0.516. The van der Waals surface area contributed by atoms with E-state index in [-0.39, 0.29) is 11.8 Å². The number of hydrogen-bond donors (Lipinski definition) is 2. The fourth-order valence-electron chi connectivity index (χ4n) is 4.46. The van der Waals surface area contributed by atoms with Crippen LogP contribution < -0.4 is 10.6 Å². The first-order valence-corrected chi connectivity index (χ1v) is 14.7. The molecule has 3 amide bonds. The van der Waals surface area contributed by atoms with Gasteiger partial charge in [-0.05, 0) is 97.9 Å². The molecule has 0 saturated heterocycles. The third-order valence-electron chi connectivity index (χ3n) is 6.03. The van der Waals surface area contributed by atoms with Gasteiger partial charge in [0.15, 0.2) is 0 Å². The molecule has 2 rings (SSSR count). The van der Waals surface area contributed by atoms with Crippen molar-refractivity contribution in [3.05, 3.63) is 64.7 Å². The van der Waals surface area contributed by atoms with E-state index in [2.05, 4.69) is 10.6 Å². The summed E-state index contributed by atoms with van der Waals surface area (Å²) < 4.78 is 5.47. The van der Waals surface area contributed by atoms with E-state index in [0.29, 0.717) is 23.4 Å². The number of rotatable bonds is 9. The minimum absolute atomic E-state index is 0.321. The molecule has 0 aromatic heterocycles. The summed E-state index contributed by atoms with van der Waals surface area (Å²) in [5, 5.41) is 5.85. The first-order chi connectivity index (χ1) is 18.0. The molecule has 214 valence electrons. The highest BCUT2D eigenvalue weighted by Gasteiger charge is 2.42. The van der Waals surface area contributed by atoms with Crippen LogP contribution in [0.25, 0.3) is 0 Å². The van der Waals surface area contributed by atoms with Crippen LogP contribution in [0, 0.1) is 20.8 Å². The summed E-state index contributed by atoms with van der Waals surface area (Å²) in [6, 6.07) is 11.7. The predicted octanol–water partition coefficient (Wildman–Crippen LogP) is 6.57. The Hall–Kier alpha value is -3.00. The van der Waals surface area contributed by atoms with Gasteiger partial charge in [-0.1, -0.05) is 47.5 Å². The maximum absolute atomic E-state index is 14.4. The summed E-state index contributed by atoms with van der Waals surface area (Å²) in [5.74, 6) is -0.0154. The second kappa shape index (κ2) is 13.4. The minimum Gasteiger partial charge on any atom is -0.444 e. The van der Waals surface area contributed by atoms with E-state index in [1.165, 1.54) is 0 Å². The highest BCUT2D eigenvalue weighted by molar-refractivity contribution is 7.98. The molecule has 0 heterocycles. The van der Waals surface area contributed by atoms with E-state index >= 15 is 0 Å². The van der Waals surface area contributed by atoms with Crippen LogP contribution in [0.15, 0.2) is 42.5 Å². The lowest BCUT2D eigenvalue weighted by Crippen LogP contribution is -2.58. The topological polar surface area (TPSA) is 87.7 Å². The summed E-state index contributed by atoms with van der Waals surface area (Å²) >= 11 is 1.58. The van der Waals surface area contributed by atoms with Gasteiger partial charge in [0, 0.05) is 11.2 Å². The van der Waals surface area contributed by atoms with Crippen molar-refractivity contribution in [3.8, 4) is 0 Å². The van der Waals surface area contributed by atoms with E-state index in [0.717, 1.165) is 16.7 Å². The highest BCUT2D eigenvalue weighted by Crippen LogP contribution is 2.33. The molecule has 0 aliphatic heterocycles. The summed E-state index contributed by atoms with van der Waals surface area (Å²) in [4.78, 5) is 42.8. The average Bonchev–Trinajstić information content (AvgIpc) is 2.78. The number of aryl methyl sites for hydroxylation is 3. The molecule has 8 heteroatoms. The van der Waals surface area contributed by atoms with Gasteiger partial charge in [0.1, 0.15) is 17.7 Å². The summed E-state index contributed by atoms with van der Waals surface area (Å²) in [6.07, 6.45) is 1.68. The number of carbonyl (C=O) groups is 3. The SMILES string of the molecule is CSCCC(NC(=O)OC(C)(C)C)C(=O)N(C(C(=O)Nc1ccccc1C)c1cc(C)cc(C)c1)C(C)(C)C. The first-order valence-electron chi connectivity index (χ1n) is 13.3. The van der Waals surface area contributed by atoms with Crippen molar-refractivity contribution >= 4 is 35.4 Å². The lowest BCUT2D eigenvalue weighted by molar-refractivity contribution is -0.146. The van der Waals surface area contributed by atoms with Crippen LogP contribution in [0.4, 0.5) is 10.5 Å². The molecular formula is C31H45N3O4S. The molecule has 0 saturated carbocycles. The maximum atomic E-state index is 14.4. The van der Waals surface area contributed by atoms with Crippen LogP contribution in [-0.2, 0) is 14.3 Å². The predicted molar refractivity (Wildman–Crippen MR) is 161 cm³/mol. The molecule has 2 atom stereocenters. The third-order valence-corrected chi connectivity index (χ3v) is 6.67. The van der Waals surface area contributed by atoms with Crippen LogP contribution in [0.3, 0.4) is 0 Å². The number of ether oxygens (including phenoxy) is 1. The average molecular weight is 556 g/mol. The van der Waals surface area contributed by atoms with Gasteiger partial charge in [-0.15, -0.1) is 0 Å². The van der Waals surface area contributed by atoms with Crippen molar-refractivity contribution in [1.29, 1.82) is 0 Å². The number of nitrogens with zero attached hydrogens (tertiary/aromatic N) is 1. The van der Waals surface area contributed by atoms with Gasteiger partial charge < -0.3 is 20.3 Å². The van der Waals surface area contributed by atoms with Gasteiger partial charge in [-0.3, -0.25) is 9.59 Å². The molecule has 0 aliphatic rings. The van der Waals surface area contributed by atoms with Gasteiger partial charge >= 0.3 is 6.09 Å². The summed E-state index contributed by atoms with van der Waals surface area (Å²) in [6.45, 7) is 16.9. The molecule has 2 aromatic rings. The molecule has 2 N–H and O–H groups in total. The van der Waals surface area contributed by atoms with Gasteiger partial charge in [-0.2, -0.15) is 11.8 Å². The molecule has 2 aromatic carbocycles. The molecule has 0 spiro atoms. The lowest BCUT2D eigenvalue weighted by Gasteiger charge is -2.43. The van der Waals surface area contributed by atoms with Gasteiger partial charge in [0.25, 0.3) is 5.91 Å². The van der Waals surface area contributed by atoms with Crippen LogP contribution in [-0.4, -0.2) is 52.0 Å². The normalized spacial score (nSPS) is 13.3. The van der Waals surface area contributed by atoms with E-state index in [1.54, 1.807) is 37.4 Å². The van der Waals surface area contributed by atoms with Crippen LogP contribution in [0.2, 0.25) is 0 Å². The first kappa shape index (κ1) is 32.2. The van der Waals surface area contributed by atoms with E-state index in [1.807, 2.05) is 90.3 Å². The Morgan fingerprint density at radius 2 is 1.54 bits per heavy atom. The Balaban J connectivity index is 2.63. The molecule has 0 bridgehead atoms. The van der Waals surface area contributed by atoms with Crippen molar-refractivity contribution in [3.63, 3.8) is 0 Å². The quantitative estimate of drug-likeness (QED) is 0.366. The second-order valence-electron chi connectivity index (χ2n) is 12.0. The van der Waals surface area contributed by atoms with Gasteiger partial charge in [0.05, 0.1) is 0 Å². The highest BCUT2D eigenvalue weighted by atomic mass is 32.2. The van der Waals surface area contributed by atoms with Crippen LogP contribution in [0.1, 0.15) is 76.3 Å². The summed E-state index contributed by atoms with van der Waals surface area (Å²) in [5.41, 5.74) is 2.83. The zero-order valence-electron chi connectivity index (χ0n) is 25.1. The van der Waals surface area contributed by atoms with E-state index in [4.69, 9.17) is 4.74 Å².